The Bertz CT molecular complexity index is 1010. The molecule has 4 rings (SSSR count). The number of hydrogen-bond donors (Lipinski definition) is 1. The molecule has 1 unspecified atom stereocenters. The van der Waals surface area contributed by atoms with Crippen LogP contribution >= 0.6 is 34.8 Å². The smallest absolute Gasteiger partial charge is 0.253 e. The van der Waals surface area contributed by atoms with Crippen LogP contribution in [-0.2, 0) is 16.0 Å². The Balaban J connectivity index is 1.79. The minimum atomic E-state index is -1.20. The second-order valence-corrected chi connectivity index (χ2v) is 10.2. The topological polar surface area (TPSA) is 55.4 Å². The van der Waals surface area contributed by atoms with E-state index in [-0.39, 0.29) is 5.91 Å². The molecule has 2 heterocycles. The minimum Gasteiger partial charge on any atom is -0.611 e. The Morgan fingerprint density at radius 1 is 1.00 bits per heavy atom. The molecule has 30 heavy (non-hydrogen) atoms. The van der Waals surface area contributed by atoms with Crippen molar-refractivity contribution in [2.75, 3.05) is 24.2 Å². The highest BCUT2D eigenvalue weighted by Gasteiger charge is 2.32. The van der Waals surface area contributed by atoms with Gasteiger partial charge in [-0.05, 0) is 66.8 Å². The number of nitrogens with one attached hydrogen (secondary N) is 1. The van der Waals surface area contributed by atoms with Gasteiger partial charge in [0.05, 0.1) is 21.3 Å². The minimum absolute atomic E-state index is 0.223. The maximum absolute atomic E-state index is 13.4. The quantitative estimate of drug-likeness (QED) is 0.545. The van der Waals surface area contributed by atoms with E-state index >= 15 is 0 Å². The maximum Gasteiger partial charge on any atom is 0.253 e. The molecule has 1 amide bonds. The highest BCUT2D eigenvalue weighted by atomic mass is 35.5. The molecule has 1 N–H and O–H groups in total. The summed E-state index contributed by atoms with van der Waals surface area (Å²) in [4.78, 5) is 16.3. The largest absolute Gasteiger partial charge is 0.611 e. The maximum atomic E-state index is 13.4. The second-order valence-electron chi connectivity index (χ2n) is 7.40. The molecule has 4 nitrogen and oxygen atoms in total. The molecule has 2 aromatic rings. The number of halogens is 3. The van der Waals surface area contributed by atoms with E-state index in [2.05, 4.69) is 10.2 Å². The summed E-state index contributed by atoms with van der Waals surface area (Å²) in [5.74, 6) is 0.162. The highest BCUT2D eigenvalue weighted by Crippen LogP contribution is 2.38. The van der Waals surface area contributed by atoms with E-state index in [4.69, 9.17) is 34.8 Å². The van der Waals surface area contributed by atoms with E-state index in [1.54, 1.807) is 24.3 Å². The number of likely N-dealkylation sites (tertiary alicyclic amines) is 1. The molecule has 0 bridgehead atoms. The van der Waals surface area contributed by atoms with Crippen LogP contribution < -0.4 is 5.32 Å². The standard InChI is InChI=1S/C22H21Cl3N2O2S/c23-14-4-7-20-17(12-14)21(27-9-2-1-3-10-27)16(8-11-30(20)29)22(28)26-15-5-6-18(24)19(25)13-15/h4-7,12-13H,1-3,8-11H2,(H,26,28). The van der Waals surface area contributed by atoms with Crippen LogP contribution in [0.1, 0.15) is 31.2 Å². The predicted molar refractivity (Wildman–Crippen MR) is 125 cm³/mol. The number of rotatable bonds is 3. The fourth-order valence-corrected chi connectivity index (χ4v) is 5.65. The van der Waals surface area contributed by atoms with Crippen molar-refractivity contribution in [2.45, 2.75) is 30.6 Å². The lowest BCUT2D eigenvalue weighted by atomic mass is 9.99. The summed E-state index contributed by atoms with van der Waals surface area (Å²) in [6, 6.07) is 10.4. The van der Waals surface area contributed by atoms with Crippen LogP contribution in [0.2, 0.25) is 15.1 Å². The lowest BCUT2D eigenvalue weighted by molar-refractivity contribution is -0.113. The van der Waals surface area contributed by atoms with E-state index in [9.17, 15) is 9.35 Å². The molecule has 158 valence electrons. The number of anilines is 1. The van der Waals surface area contributed by atoms with Gasteiger partial charge in [0.1, 0.15) is 5.75 Å². The summed E-state index contributed by atoms with van der Waals surface area (Å²) in [7, 11) is 0. The third kappa shape index (κ3) is 4.61. The van der Waals surface area contributed by atoms with Gasteiger partial charge in [-0.15, -0.1) is 0 Å². The summed E-state index contributed by atoms with van der Waals surface area (Å²) in [5.41, 5.74) is 2.82. The van der Waals surface area contributed by atoms with E-state index in [0.29, 0.717) is 38.5 Å². The monoisotopic (exact) mass is 482 g/mol. The number of fused-ring (bicyclic) bond motifs is 1. The number of benzene rings is 2. The summed E-state index contributed by atoms with van der Waals surface area (Å²) in [6.07, 6.45) is 3.70. The molecule has 0 saturated carbocycles. The zero-order valence-corrected chi connectivity index (χ0v) is 19.3. The molecule has 2 aromatic carbocycles. The van der Waals surface area contributed by atoms with Crippen LogP contribution in [0.5, 0.6) is 0 Å². The lowest BCUT2D eigenvalue weighted by Crippen LogP contribution is -2.31. The Labute approximate surface area is 194 Å². The van der Waals surface area contributed by atoms with Gasteiger partial charge in [0.25, 0.3) is 5.91 Å². The van der Waals surface area contributed by atoms with Gasteiger partial charge in [0.15, 0.2) is 4.90 Å². The van der Waals surface area contributed by atoms with Gasteiger partial charge in [-0.1, -0.05) is 34.8 Å². The molecule has 1 saturated heterocycles. The molecule has 0 aliphatic carbocycles. The number of piperidine rings is 1. The van der Waals surface area contributed by atoms with Crippen molar-refractivity contribution < 1.29 is 9.35 Å². The van der Waals surface area contributed by atoms with Gasteiger partial charge in [0, 0.05) is 35.8 Å². The Kier molecular flexibility index (Phi) is 6.85. The number of hydrogen-bond acceptors (Lipinski definition) is 3. The molecule has 0 radical (unpaired) electrons. The summed E-state index contributed by atoms with van der Waals surface area (Å²) in [5, 5.41) is 4.30. The van der Waals surface area contributed by atoms with Gasteiger partial charge in [-0.25, -0.2) is 0 Å². The molecule has 2 aliphatic rings. The molecule has 1 fully saturated rings. The van der Waals surface area contributed by atoms with Crippen molar-refractivity contribution in [3.8, 4) is 0 Å². The zero-order chi connectivity index (χ0) is 21.3. The first-order chi connectivity index (χ1) is 14.4. The van der Waals surface area contributed by atoms with E-state index in [1.165, 1.54) is 6.42 Å². The third-order valence-electron chi connectivity index (χ3n) is 5.39. The zero-order valence-electron chi connectivity index (χ0n) is 16.2. The van der Waals surface area contributed by atoms with E-state index in [0.717, 1.165) is 42.1 Å². The van der Waals surface area contributed by atoms with Crippen molar-refractivity contribution in [3.63, 3.8) is 0 Å². The van der Waals surface area contributed by atoms with Gasteiger partial charge in [-0.2, -0.15) is 0 Å². The SMILES string of the molecule is O=C(Nc1ccc(Cl)c(Cl)c1)C1=C(N2CCCCC2)c2cc(Cl)ccc2[S+]([O-])CC1. The second kappa shape index (κ2) is 9.41. The molecule has 2 aliphatic heterocycles. The Morgan fingerprint density at radius 2 is 1.77 bits per heavy atom. The fourth-order valence-electron chi connectivity index (χ4n) is 3.95. The molecular formula is C22H21Cl3N2O2S. The van der Waals surface area contributed by atoms with Crippen molar-refractivity contribution in [3.05, 3.63) is 62.6 Å². The van der Waals surface area contributed by atoms with Crippen LogP contribution in [-0.4, -0.2) is 34.2 Å². The molecule has 1 atom stereocenters. The lowest BCUT2D eigenvalue weighted by Gasteiger charge is -2.32. The normalized spacial score (nSPS) is 19.3. The molecular weight excluding hydrogens is 463 g/mol. The fraction of sp³-hybridized carbons (Fsp3) is 0.318. The summed E-state index contributed by atoms with van der Waals surface area (Å²) >= 11 is 17.2. The van der Waals surface area contributed by atoms with Crippen LogP contribution in [0.15, 0.2) is 46.9 Å². The summed E-state index contributed by atoms with van der Waals surface area (Å²) < 4.78 is 12.9. The van der Waals surface area contributed by atoms with E-state index < -0.39 is 11.2 Å². The first kappa shape index (κ1) is 21.8. The van der Waals surface area contributed by atoms with Crippen LogP contribution in [0.3, 0.4) is 0 Å². The highest BCUT2D eigenvalue weighted by molar-refractivity contribution is 7.91. The number of carbonyl (C=O) groups excluding carboxylic acids is 1. The molecule has 0 spiro atoms. The first-order valence-corrected chi connectivity index (χ1v) is 12.3. The van der Waals surface area contributed by atoms with Gasteiger partial charge in [-0.3, -0.25) is 4.79 Å². The number of amides is 1. The van der Waals surface area contributed by atoms with Gasteiger partial charge in [0.2, 0.25) is 0 Å². The number of nitrogens with zero attached hydrogens (tertiary/aromatic N) is 1. The van der Waals surface area contributed by atoms with Crippen LogP contribution in [0.4, 0.5) is 5.69 Å². The third-order valence-corrected chi connectivity index (χ3v) is 7.78. The number of carbonyl (C=O) groups is 1. The van der Waals surface area contributed by atoms with Crippen molar-refractivity contribution in [1.82, 2.24) is 4.90 Å². The van der Waals surface area contributed by atoms with Gasteiger partial charge >= 0.3 is 0 Å². The van der Waals surface area contributed by atoms with Crippen LogP contribution in [0.25, 0.3) is 5.70 Å². The summed E-state index contributed by atoms with van der Waals surface area (Å²) in [6.45, 7) is 1.72. The molecule has 0 aromatic heterocycles. The van der Waals surface area contributed by atoms with Crippen molar-refractivity contribution in [2.24, 2.45) is 0 Å². The van der Waals surface area contributed by atoms with Crippen molar-refractivity contribution >= 4 is 63.3 Å². The average molecular weight is 484 g/mol. The Morgan fingerprint density at radius 3 is 2.50 bits per heavy atom. The molecule has 8 heteroatoms. The van der Waals surface area contributed by atoms with Gasteiger partial charge < -0.3 is 14.8 Å². The van der Waals surface area contributed by atoms with Crippen LogP contribution in [0, 0.1) is 0 Å². The van der Waals surface area contributed by atoms with Crippen molar-refractivity contribution in [1.29, 1.82) is 0 Å². The average Bonchev–Trinajstić information content (AvgIpc) is 2.87. The first-order valence-electron chi connectivity index (χ1n) is 9.87. The Hall–Kier alpha value is -1.37. The van der Waals surface area contributed by atoms with E-state index in [1.807, 2.05) is 12.1 Å². The predicted octanol–water partition coefficient (Wildman–Crippen LogP) is 5.99.